The highest BCUT2D eigenvalue weighted by molar-refractivity contribution is 5.82. The fourth-order valence-electron chi connectivity index (χ4n) is 6.72. The number of benzene rings is 7. The van der Waals surface area contributed by atoms with Crippen LogP contribution in [0, 0.1) is 27.7 Å². The van der Waals surface area contributed by atoms with Gasteiger partial charge in [-0.1, -0.05) is 119 Å². The standard InChI is InChI=1S/C52H48N2O2/c1-37-7-23-45(24-8-37)53(46-25-9-38(2)10-26-46)49-31-17-41(18-32-49)15-21-43-35-52(56-6)44(36-51(43)55-5)22-16-42-19-33-50(34-20-42)54(47-27-11-39(3)12-28-47)48-29-13-40(4)14-30-48/h7-36H,1-6H3/b21-15+,22-16+. The lowest BCUT2D eigenvalue weighted by molar-refractivity contribution is 0.401. The fraction of sp³-hybridized carbons (Fsp3) is 0.115. The van der Waals surface area contributed by atoms with Crippen molar-refractivity contribution in [3.05, 3.63) is 202 Å². The summed E-state index contributed by atoms with van der Waals surface area (Å²) < 4.78 is 11.8. The zero-order chi connectivity index (χ0) is 39.0. The van der Waals surface area contributed by atoms with Crippen LogP contribution in [0.4, 0.5) is 34.1 Å². The average Bonchev–Trinajstić information content (AvgIpc) is 3.23. The molecule has 0 aliphatic heterocycles. The van der Waals surface area contributed by atoms with Gasteiger partial charge in [-0.05, 0) is 124 Å². The third kappa shape index (κ3) is 8.77. The lowest BCUT2D eigenvalue weighted by Gasteiger charge is -2.26. The summed E-state index contributed by atoms with van der Waals surface area (Å²) in [6, 6.07) is 55.9. The van der Waals surface area contributed by atoms with Crippen LogP contribution in [0.25, 0.3) is 24.3 Å². The van der Waals surface area contributed by atoms with Crippen molar-refractivity contribution in [2.45, 2.75) is 27.7 Å². The molecule has 278 valence electrons. The molecule has 0 saturated heterocycles. The first-order valence-corrected chi connectivity index (χ1v) is 19.0. The second-order valence-electron chi connectivity index (χ2n) is 14.2. The summed E-state index contributed by atoms with van der Waals surface area (Å²) in [5, 5.41) is 0. The number of aryl methyl sites for hydroxylation is 4. The summed E-state index contributed by atoms with van der Waals surface area (Å²) in [4.78, 5) is 4.57. The van der Waals surface area contributed by atoms with Gasteiger partial charge in [0.25, 0.3) is 0 Å². The van der Waals surface area contributed by atoms with E-state index in [1.165, 1.54) is 22.3 Å². The van der Waals surface area contributed by atoms with E-state index in [9.17, 15) is 0 Å². The highest BCUT2D eigenvalue weighted by atomic mass is 16.5. The third-order valence-electron chi connectivity index (χ3n) is 9.96. The molecule has 4 nitrogen and oxygen atoms in total. The molecule has 0 atom stereocenters. The molecular weight excluding hydrogens is 685 g/mol. The SMILES string of the molecule is COc1cc(/C=C/c2ccc(N(c3ccc(C)cc3)c3ccc(C)cc3)cc2)c(OC)cc1/C=C/c1ccc(N(c2ccc(C)cc2)c2ccc(C)cc2)cc1. The van der Waals surface area contributed by atoms with E-state index in [0.717, 1.165) is 67.9 Å². The van der Waals surface area contributed by atoms with Crippen molar-refractivity contribution >= 4 is 58.4 Å². The minimum absolute atomic E-state index is 0.769. The Kier molecular flexibility index (Phi) is 11.5. The molecule has 7 aromatic carbocycles. The van der Waals surface area contributed by atoms with E-state index in [2.05, 4.69) is 207 Å². The molecule has 0 fully saturated rings. The largest absolute Gasteiger partial charge is 0.496 e. The Balaban J connectivity index is 1.10. The highest BCUT2D eigenvalue weighted by Crippen LogP contribution is 2.37. The number of hydrogen-bond acceptors (Lipinski definition) is 4. The lowest BCUT2D eigenvalue weighted by Crippen LogP contribution is -2.09. The fourth-order valence-corrected chi connectivity index (χ4v) is 6.72. The first kappa shape index (κ1) is 37.5. The van der Waals surface area contributed by atoms with Gasteiger partial charge in [0, 0.05) is 45.3 Å². The highest BCUT2D eigenvalue weighted by Gasteiger charge is 2.14. The topological polar surface area (TPSA) is 24.9 Å². The van der Waals surface area contributed by atoms with Crippen LogP contribution in [0.1, 0.15) is 44.5 Å². The molecule has 0 heterocycles. The van der Waals surface area contributed by atoms with Crippen molar-refractivity contribution in [2.75, 3.05) is 24.0 Å². The zero-order valence-electron chi connectivity index (χ0n) is 33.0. The Morgan fingerprint density at radius 1 is 0.321 bits per heavy atom. The average molecular weight is 733 g/mol. The van der Waals surface area contributed by atoms with Gasteiger partial charge in [-0.2, -0.15) is 0 Å². The second kappa shape index (κ2) is 17.1. The zero-order valence-corrected chi connectivity index (χ0v) is 33.0. The monoisotopic (exact) mass is 732 g/mol. The normalized spacial score (nSPS) is 11.2. The van der Waals surface area contributed by atoms with Crippen LogP contribution in [0.2, 0.25) is 0 Å². The molecule has 0 spiro atoms. The van der Waals surface area contributed by atoms with Crippen LogP contribution in [0.5, 0.6) is 11.5 Å². The van der Waals surface area contributed by atoms with Crippen molar-refractivity contribution in [2.24, 2.45) is 0 Å². The maximum atomic E-state index is 5.88. The molecular formula is C52H48N2O2. The first-order chi connectivity index (χ1) is 27.3. The Bertz CT molecular complexity index is 2160. The maximum Gasteiger partial charge on any atom is 0.126 e. The molecule has 7 aromatic rings. The van der Waals surface area contributed by atoms with E-state index in [1.807, 2.05) is 12.1 Å². The van der Waals surface area contributed by atoms with Gasteiger partial charge in [-0.25, -0.2) is 0 Å². The Morgan fingerprint density at radius 3 is 0.786 bits per heavy atom. The van der Waals surface area contributed by atoms with E-state index >= 15 is 0 Å². The van der Waals surface area contributed by atoms with Crippen LogP contribution in [0.3, 0.4) is 0 Å². The minimum atomic E-state index is 0.769. The molecule has 0 N–H and O–H groups in total. The third-order valence-corrected chi connectivity index (χ3v) is 9.96. The predicted octanol–water partition coefficient (Wildman–Crippen LogP) is 14.2. The second-order valence-corrected chi connectivity index (χ2v) is 14.2. The first-order valence-electron chi connectivity index (χ1n) is 19.0. The van der Waals surface area contributed by atoms with E-state index in [0.29, 0.717) is 0 Å². The summed E-state index contributed by atoms with van der Waals surface area (Å²) in [5.41, 5.74) is 15.6. The van der Waals surface area contributed by atoms with Gasteiger partial charge in [0.2, 0.25) is 0 Å². The van der Waals surface area contributed by atoms with Crippen molar-refractivity contribution in [1.29, 1.82) is 0 Å². The number of nitrogens with zero attached hydrogens (tertiary/aromatic N) is 2. The van der Waals surface area contributed by atoms with Crippen LogP contribution < -0.4 is 19.3 Å². The van der Waals surface area contributed by atoms with Gasteiger partial charge >= 0.3 is 0 Å². The lowest BCUT2D eigenvalue weighted by atomic mass is 10.0. The van der Waals surface area contributed by atoms with Gasteiger partial charge in [0.15, 0.2) is 0 Å². The van der Waals surface area contributed by atoms with Crippen molar-refractivity contribution < 1.29 is 9.47 Å². The predicted molar refractivity (Wildman–Crippen MR) is 239 cm³/mol. The molecule has 0 amide bonds. The Morgan fingerprint density at radius 2 is 0.554 bits per heavy atom. The maximum absolute atomic E-state index is 5.88. The summed E-state index contributed by atoms with van der Waals surface area (Å²) >= 11 is 0. The van der Waals surface area contributed by atoms with Crippen molar-refractivity contribution in [3.8, 4) is 11.5 Å². The van der Waals surface area contributed by atoms with Crippen molar-refractivity contribution in [1.82, 2.24) is 0 Å². The van der Waals surface area contributed by atoms with Crippen LogP contribution >= 0.6 is 0 Å². The van der Waals surface area contributed by atoms with Gasteiger partial charge in [0.05, 0.1) is 14.2 Å². The van der Waals surface area contributed by atoms with Gasteiger partial charge < -0.3 is 19.3 Å². The van der Waals surface area contributed by atoms with Gasteiger partial charge in [0.1, 0.15) is 11.5 Å². The molecule has 0 saturated carbocycles. The van der Waals surface area contributed by atoms with Crippen LogP contribution in [0.15, 0.2) is 158 Å². The molecule has 4 heteroatoms. The quantitative estimate of drug-likeness (QED) is 0.117. The van der Waals surface area contributed by atoms with Crippen LogP contribution in [-0.4, -0.2) is 14.2 Å². The van der Waals surface area contributed by atoms with Crippen molar-refractivity contribution in [3.63, 3.8) is 0 Å². The molecule has 56 heavy (non-hydrogen) atoms. The van der Waals surface area contributed by atoms with E-state index in [1.54, 1.807) is 14.2 Å². The summed E-state index contributed by atoms with van der Waals surface area (Å²) in [5.74, 6) is 1.54. The van der Waals surface area contributed by atoms with E-state index in [-0.39, 0.29) is 0 Å². The summed E-state index contributed by atoms with van der Waals surface area (Å²) in [7, 11) is 3.41. The Labute approximate surface area is 332 Å². The molecule has 7 rings (SSSR count). The minimum Gasteiger partial charge on any atom is -0.496 e. The van der Waals surface area contributed by atoms with E-state index in [4.69, 9.17) is 9.47 Å². The number of rotatable bonds is 12. The smallest absolute Gasteiger partial charge is 0.126 e. The Hall–Kier alpha value is -6.78. The molecule has 0 bridgehead atoms. The molecule has 0 radical (unpaired) electrons. The number of hydrogen-bond donors (Lipinski definition) is 0. The number of ether oxygens (including phenoxy) is 2. The molecule has 0 aliphatic rings. The number of anilines is 6. The van der Waals surface area contributed by atoms with Gasteiger partial charge in [-0.15, -0.1) is 0 Å². The molecule has 0 aliphatic carbocycles. The molecule has 0 unspecified atom stereocenters. The summed E-state index contributed by atoms with van der Waals surface area (Å²) in [6.45, 7) is 8.46. The van der Waals surface area contributed by atoms with Crippen LogP contribution in [-0.2, 0) is 0 Å². The summed E-state index contributed by atoms with van der Waals surface area (Å²) in [6.07, 6.45) is 8.37. The molecule has 0 aromatic heterocycles. The van der Waals surface area contributed by atoms with E-state index < -0.39 is 0 Å². The van der Waals surface area contributed by atoms with Gasteiger partial charge in [-0.3, -0.25) is 0 Å². The number of methoxy groups -OCH3 is 2.